The molecule has 0 saturated carbocycles. The van der Waals surface area contributed by atoms with Gasteiger partial charge in [-0.2, -0.15) is 0 Å². The van der Waals surface area contributed by atoms with Crippen molar-refractivity contribution in [3.63, 3.8) is 0 Å². The fourth-order valence-corrected chi connectivity index (χ4v) is 3.52. The van der Waals surface area contributed by atoms with Gasteiger partial charge in [-0.25, -0.2) is 0 Å². The van der Waals surface area contributed by atoms with Crippen LogP contribution in [0.1, 0.15) is 90.2 Å². The zero-order chi connectivity index (χ0) is 21.6. The molecule has 0 spiro atoms. The maximum Gasteiger partial charge on any atom is 0.0633 e. The molecule has 0 radical (unpaired) electrons. The normalized spacial score (nSPS) is 12.0. The molecule has 2 nitrogen and oxygen atoms in total. The average Bonchev–Trinajstić information content (AvgIpc) is 2.79. The van der Waals surface area contributed by atoms with Crippen LogP contribution in [-0.2, 0) is 29.3 Å². The van der Waals surface area contributed by atoms with Crippen LogP contribution in [0.25, 0.3) is 0 Å². The first-order valence-electron chi connectivity index (χ1n) is 12.0. The Hall–Kier alpha value is -1.73. The zero-order valence-electron chi connectivity index (χ0n) is 19.9. The summed E-state index contributed by atoms with van der Waals surface area (Å²) in [6, 6.07) is 17.4. The molecular formula is C28H40N2Ni. The first kappa shape index (κ1) is 27.3. The van der Waals surface area contributed by atoms with Crippen molar-refractivity contribution in [2.75, 3.05) is 0 Å². The summed E-state index contributed by atoms with van der Waals surface area (Å²) in [7, 11) is 0. The molecule has 0 aliphatic rings. The van der Waals surface area contributed by atoms with Crippen molar-refractivity contribution >= 4 is 22.8 Å². The minimum absolute atomic E-state index is 0. The van der Waals surface area contributed by atoms with Gasteiger partial charge in [-0.05, 0) is 73.9 Å². The largest absolute Gasteiger partial charge is 0.252 e. The number of aliphatic imine (C=N–C) groups is 2. The van der Waals surface area contributed by atoms with E-state index in [9.17, 15) is 0 Å². The standard InChI is InChI=1S/C28H40N2.Ni/c1-5-9-11-12-14-28(30-26-21-17-24(8-4)18-22-26)27(13-10-6-2)29-25-19-15-23(7-3)16-20-25;/h15-22H,5-14H2,1-4H3;. The number of rotatable bonds is 13. The van der Waals surface area contributed by atoms with E-state index in [0.29, 0.717) is 0 Å². The van der Waals surface area contributed by atoms with Gasteiger partial charge in [-0.1, -0.05) is 77.6 Å². The number of aryl methyl sites for hydroxylation is 2. The number of hydrogen-bond donors (Lipinski definition) is 0. The van der Waals surface area contributed by atoms with E-state index in [-0.39, 0.29) is 16.5 Å². The van der Waals surface area contributed by atoms with Crippen LogP contribution in [-0.4, -0.2) is 11.4 Å². The molecule has 0 aromatic heterocycles. The van der Waals surface area contributed by atoms with Crippen molar-refractivity contribution in [2.24, 2.45) is 9.98 Å². The van der Waals surface area contributed by atoms with Crippen LogP contribution < -0.4 is 0 Å². The Labute approximate surface area is 200 Å². The maximum absolute atomic E-state index is 5.10. The SMILES string of the molecule is CCCCCCC(=Nc1ccc(CC)cc1)C(CCCC)=Nc1ccc(CC)cc1.[Ni]. The van der Waals surface area contributed by atoms with Crippen LogP contribution >= 0.6 is 0 Å². The molecular weight excluding hydrogens is 423 g/mol. The molecule has 0 unspecified atom stereocenters. The first-order valence-corrected chi connectivity index (χ1v) is 12.0. The van der Waals surface area contributed by atoms with Gasteiger partial charge in [0.05, 0.1) is 22.8 Å². The monoisotopic (exact) mass is 462 g/mol. The van der Waals surface area contributed by atoms with E-state index < -0.39 is 0 Å². The summed E-state index contributed by atoms with van der Waals surface area (Å²) in [5.74, 6) is 0. The van der Waals surface area contributed by atoms with Crippen molar-refractivity contribution in [3.8, 4) is 0 Å². The summed E-state index contributed by atoms with van der Waals surface area (Å²) in [4.78, 5) is 10.2. The van der Waals surface area contributed by atoms with Crippen molar-refractivity contribution in [2.45, 2.75) is 91.9 Å². The van der Waals surface area contributed by atoms with Crippen LogP contribution in [0.15, 0.2) is 58.5 Å². The summed E-state index contributed by atoms with van der Waals surface area (Å²) in [5, 5.41) is 0. The molecule has 0 atom stereocenters. The predicted molar refractivity (Wildman–Crippen MR) is 134 cm³/mol. The van der Waals surface area contributed by atoms with Crippen molar-refractivity contribution in [1.29, 1.82) is 0 Å². The molecule has 2 rings (SSSR count). The number of nitrogens with zero attached hydrogens (tertiary/aromatic N) is 2. The third-order valence-corrected chi connectivity index (χ3v) is 5.58. The van der Waals surface area contributed by atoms with Crippen LogP contribution in [0.5, 0.6) is 0 Å². The van der Waals surface area contributed by atoms with E-state index in [2.05, 4.69) is 76.2 Å². The molecule has 0 N–H and O–H groups in total. The molecule has 0 aliphatic carbocycles. The second-order valence-electron chi connectivity index (χ2n) is 8.07. The zero-order valence-corrected chi connectivity index (χ0v) is 20.9. The third kappa shape index (κ3) is 9.96. The number of unbranched alkanes of at least 4 members (excludes halogenated alkanes) is 4. The average molecular weight is 463 g/mol. The summed E-state index contributed by atoms with van der Waals surface area (Å²) in [6.07, 6.45) is 11.4. The smallest absolute Gasteiger partial charge is 0.0633 e. The molecule has 2 aromatic carbocycles. The molecule has 31 heavy (non-hydrogen) atoms. The summed E-state index contributed by atoms with van der Waals surface area (Å²) in [6.45, 7) is 8.89. The molecule has 2 aromatic rings. The Bertz CT molecular complexity index is 789. The van der Waals surface area contributed by atoms with E-state index in [1.165, 1.54) is 48.9 Å². The number of hydrogen-bond acceptors (Lipinski definition) is 2. The van der Waals surface area contributed by atoms with Crippen molar-refractivity contribution in [3.05, 3.63) is 59.7 Å². The van der Waals surface area contributed by atoms with E-state index >= 15 is 0 Å². The van der Waals surface area contributed by atoms with Crippen LogP contribution in [0.3, 0.4) is 0 Å². The molecule has 0 heterocycles. The van der Waals surface area contributed by atoms with Gasteiger partial charge in [0.1, 0.15) is 0 Å². The Balaban J connectivity index is 0.00000480. The Morgan fingerprint density at radius 2 is 0.968 bits per heavy atom. The Kier molecular flexibility index (Phi) is 14.1. The van der Waals surface area contributed by atoms with Gasteiger partial charge in [-0.3, -0.25) is 9.98 Å². The van der Waals surface area contributed by atoms with E-state index in [1.54, 1.807) is 0 Å². The third-order valence-electron chi connectivity index (χ3n) is 5.58. The van der Waals surface area contributed by atoms with Crippen LogP contribution in [0.4, 0.5) is 11.4 Å². The molecule has 0 fully saturated rings. The number of benzene rings is 2. The van der Waals surface area contributed by atoms with E-state index in [0.717, 1.165) is 49.2 Å². The van der Waals surface area contributed by atoms with Gasteiger partial charge in [-0.15, -0.1) is 0 Å². The van der Waals surface area contributed by atoms with E-state index in [1.807, 2.05) is 0 Å². The fraction of sp³-hybridized carbons (Fsp3) is 0.500. The summed E-state index contributed by atoms with van der Waals surface area (Å²) < 4.78 is 0. The van der Waals surface area contributed by atoms with E-state index in [4.69, 9.17) is 9.98 Å². The second-order valence-corrected chi connectivity index (χ2v) is 8.07. The first-order chi connectivity index (χ1) is 14.7. The molecule has 172 valence electrons. The minimum atomic E-state index is 0. The second kappa shape index (κ2) is 16.0. The quantitative estimate of drug-likeness (QED) is 0.161. The molecule has 0 amide bonds. The van der Waals surface area contributed by atoms with Crippen LogP contribution in [0.2, 0.25) is 0 Å². The van der Waals surface area contributed by atoms with Crippen LogP contribution in [0, 0.1) is 0 Å². The summed E-state index contributed by atoms with van der Waals surface area (Å²) in [5.41, 5.74) is 7.13. The molecule has 0 saturated heterocycles. The fourth-order valence-electron chi connectivity index (χ4n) is 3.52. The van der Waals surface area contributed by atoms with Crippen molar-refractivity contribution < 1.29 is 16.5 Å². The minimum Gasteiger partial charge on any atom is -0.252 e. The van der Waals surface area contributed by atoms with Gasteiger partial charge in [0, 0.05) is 16.5 Å². The Morgan fingerprint density at radius 1 is 0.548 bits per heavy atom. The predicted octanol–water partition coefficient (Wildman–Crippen LogP) is 8.81. The Morgan fingerprint density at radius 3 is 1.35 bits per heavy atom. The maximum atomic E-state index is 5.10. The van der Waals surface area contributed by atoms with Crippen molar-refractivity contribution in [1.82, 2.24) is 0 Å². The molecule has 0 aliphatic heterocycles. The van der Waals surface area contributed by atoms with Gasteiger partial charge < -0.3 is 0 Å². The molecule has 0 bridgehead atoms. The topological polar surface area (TPSA) is 24.7 Å². The van der Waals surface area contributed by atoms with Gasteiger partial charge in [0.15, 0.2) is 0 Å². The molecule has 3 heteroatoms. The summed E-state index contributed by atoms with van der Waals surface area (Å²) >= 11 is 0. The van der Waals surface area contributed by atoms with Gasteiger partial charge in [0.25, 0.3) is 0 Å². The van der Waals surface area contributed by atoms with Gasteiger partial charge >= 0.3 is 0 Å². The van der Waals surface area contributed by atoms with Gasteiger partial charge in [0.2, 0.25) is 0 Å².